The van der Waals surface area contributed by atoms with Gasteiger partial charge in [-0.15, -0.1) is 5.10 Å². The zero-order chi connectivity index (χ0) is 22.1. The standard InChI is InChI=1S/C22H15N7O3/c30-22-19(17-12-16(29(31)32)10-11-18(17)24-22)20(13-4-2-1-3-5-13)23-15-8-6-14(7-9-15)21-25-27-28-26-21/h1-12,23H,(H,24,30)(H,25,26,27,28). The summed E-state index contributed by atoms with van der Waals surface area (Å²) in [6, 6.07) is 21.0. The molecule has 0 spiro atoms. The summed E-state index contributed by atoms with van der Waals surface area (Å²) < 4.78 is 0. The molecule has 1 aliphatic heterocycles. The van der Waals surface area contributed by atoms with Crippen LogP contribution in [-0.2, 0) is 4.79 Å². The summed E-state index contributed by atoms with van der Waals surface area (Å²) in [4.78, 5) is 23.7. The second kappa shape index (κ2) is 7.76. The molecule has 0 saturated carbocycles. The Morgan fingerprint density at radius 1 is 1.00 bits per heavy atom. The van der Waals surface area contributed by atoms with E-state index in [2.05, 4.69) is 31.3 Å². The number of hydrogen-bond donors (Lipinski definition) is 3. The first-order chi connectivity index (χ1) is 15.6. The zero-order valence-corrected chi connectivity index (χ0v) is 16.4. The molecule has 0 unspecified atom stereocenters. The molecule has 1 amide bonds. The number of carbonyl (C=O) groups excluding carboxylic acids is 1. The lowest BCUT2D eigenvalue weighted by molar-refractivity contribution is -0.384. The molecular weight excluding hydrogens is 410 g/mol. The quantitative estimate of drug-likeness (QED) is 0.252. The Hall–Kier alpha value is -4.86. The van der Waals surface area contributed by atoms with E-state index in [1.807, 2.05) is 54.6 Å². The first kappa shape index (κ1) is 19.1. The molecule has 0 bridgehead atoms. The number of nitrogens with zero attached hydrogens (tertiary/aromatic N) is 4. The molecule has 1 aromatic heterocycles. The molecule has 3 aromatic carbocycles. The van der Waals surface area contributed by atoms with Crippen LogP contribution < -0.4 is 10.6 Å². The molecule has 10 nitrogen and oxygen atoms in total. The number of nitro benzene ring substituents is 1. The molecule has 1 aliphatic rings. The van der Waals surface area contributed by atoms with E-state index in [-0.39, 0.29) is 11.6 Å². The van der Waals surface area contributed by atoms with E-state index in [4.69, 9.17) is 0 Å². The third kappa shape index (κ3) is 3.45. The number of rotatable bonds is 5. The topological polar surface area (TPSA) is 139 Å². The number of fused-ring (bicyclic) bond motifs is 1. The molecule has 2 heterocycles. The Balaban J connectivity index is 1.62. The van der Waals surface area contributed by atoms with E-state index < -0.39 is 4.92 Å². The number of nitro groups is 1. The summed E-state index contributed by atoms with van der Waals surface area (Å²) >= 11 is 0. The smallest absolute Gasteiger partial charge is 0.270 e. The Morgan fingerprint density at radius 3 is 2.47 bits per heavy atom. The van der Waals surface area contributed by atoms with Crippen molar-refractivity contribution in [3.05, 3.63) is 94.0 Å². The molecule has 0 radical (unpaired) electrons. The monoisotopic (exact) mass is 425 g/mol. The molecule has 10 heteroatoms. The Labute approximate surface area is 181 Å². The number of hydrogen-bond acceptors (Lipinski definition) is 7. The van der Waals surface area contributed by atoms with Crippen molar-refractivity contribution in [2.45, 2.75) is 0 Å². The van der Waals surface area contributed by atoms with E-state index in [1.54, 1.807) is 6.07 Å². The molecule has 0 fully saturated rings. The van der Waals surface area contributed by atoms with Crippen molar-refractivity contribution in [1.29, 1.82) is 0 Å². The van der Waals surface area contributed by atoms with Crippen molar-refractivity contribution in [1.82, 2.24) is 20.6 Å². The number of anilines is 2. The highest BCUT2D eigenvalue weighted by molar-refractivity contribution is 6.37. The lowest BCUT2D eigenvalue weighted by Gasteiger charge is -2.15. The fraction of sp³-hybridized carbons (Fsp3) is 0. The van der Waals surface area contributed by atoms with E-state index in [9.17, 15) is 14.9 Å². The highest BCUT2D eigenvalue weighted by Gasteiger charge is 2.30. The Bertz CT molecular complexity index is 1350. The van der Waals surface area contributed by atoms with Gasteiger partial charge in [0.25, 0.3) is 11.6 Å². The van der Waals surface area contributed by atoms with E-state index in [1.165, 1.54) is 12.1 Å². The van der Waals surface area contributed by atoms with Crippen molar-refractivity contribution in [2.75, 3.05) is 10.6 Å². The van der Waals surface area contributed by atoms with Gasteiger partial charge in [0.05, 0.1) is 16.2 Å². The number of aromatic amines is 1. The van der Waals surface area contributed by atoms with Crippen molar-refractivity contribution in [3.63, 3.8) is 0 Å². The maximum atomic E-state index is 12.9. The molecule has 0 atom stereocenters. The minimum absolute atomic E-state index is 0.0878. The molecule has 4 aromatic rings. The Morgan fingerprint density at radius 2 is 1.78 bits per heavy atom. The van der Waals surface area contributed by atoms with E-state index in [0.29, 0.717) is 28.3 Å². The molecular formula is C22H15N7O3. The minimum Gasteiger partial charge on any atom is -0.354 e. The van der Waals surface area contributed by atoms with Crippen LogP contribution in [-0.4, -0.2) is 31.5 Å². The number of amides is 1. The van der Waals surface area contributed by atoms with Crippen LogP contribution in [0.1, 0.15) is 11.1 Å². The van der Waals surface area contributed by atoms with Crippen molar-refractivity contribution >= 4 is 34.2 Å². The largest absolute Gasteiger partial charge is 0.354 e. The number of benzene rings is 3. The van der Waals surface area contributed by atoms with Gasteiger partial charge in [0.15, 0.2) is 5.82 Å². The molecule has 5 rings (SSSR count). The molecule has 156 valence electrons. The summed E-state index contributed by atoms with van der Waals surface area (Å²) in [5, 5.41) is 31.2. The van der Waals surface area contributed by atoms with E-state index >= 15 is 0 Å². The summed E-state index contributed by atoms with van der Waals surface area (Å²) in [6.07, 6.45) is 0. The summed E-state index contributed by atoms with van der Waals surface area (Å²) in [7, 11) is 0. The first-order valence-electron chi connectivity index (χ1n) is 9.61. The first-order valence-corrected chi connectivity index (χ1v) is 9.61. The van der Waals surface area contributed by atoms with Gasteiger partial charge in [-0.1, -0.05) is 30.3 Å². The van der Waals surface area contributed by atoms with Crippen LogP contribution in [0.2, 0.25) is 0 Å². The van der Waals surface area contributed by atoms with Crippen LogP contribution in [0.5, 0.6) is 0 Å². The fourth-order valence-corrected chi connectivity index (χ4v) is 3.54. The molecule has 0 saturated heterocycles. The summed E-state index contributed by atoms with van der Waals surface area (Å²) in [5.41, 5.74) is 4.07. The summed E-state index contributed by atoms with van der Waals surface area (Å²) in [5.74, 6) is 0.200. The number of tetrazole rings is 1. The van der Waals surface area contributed by atoms with Crippen molar-refractivity contribution < 1.29 is 9.72 Å². The third-order valence-corrected chi connectivity index (χ3v) is 5.04. The predicted octanol–water partition coefficient (Wildman–Crippen LogP) is 3.71. The maximum absolute atomic E-state index is 12.9. The predicted molar refractivity (Wildman–Crippen MR) is 118 cm³/mol. The maximum Gasteiger partial charge on any atom is 0.270 e. The Kier molecular flexibility index (Phi) is 4.64. The fourth-order valence-electron chi connectivity index (χ4n) is 3.54. The van der Waals surface area contributed by atoms with E-state index in [0.717, 1.165) is 16.8 Å². The van der Waals surface area contributed by atoms with Gasteiger partial charge >= 0.3 is 0 Å². The second-order valence-corrected chi connectivity index (χ2v) is 7.01. The van der Waals surface area contributed by atoms with Gasteiger partial charge in [-0.25, -0.2) is 5.10 Å². The van der Waals surface area contributed by atoms with Crippen LogP contribution in [0.4, 0.5) is 17.1 Å². The number of nitrogens with one attached hydrogen (secondary N) is 3. The molecule has 32 heavy (non-hydrogen) atoms. The van der Waals surface area contributed by atoms with Gasteiger partial charge < -0.3 is 10.6 Å². The van der Waals surface area contributed by atoms with Gasteiger partial charge in [0, 0.05) is 34.6 Å². The lowest BCUT2D eigenvalue weighted by atomic mass is 9.99. The lowest BCUT2D eigenvalue weighted by Crippen LogP contribution is -2.10. The minimum atomic E-state index is -0.479. The zero-order valence-electron chi connectivity index (χ0n) is 16.4. The van der Waals surface area contributed by atoms with Gasteiger partial charge in [-0.3, -0.25) is 14.9 Å². The average Bonchev–Trinajstić information content (AvgIpc) is 3.46. The van der Waals surface area contributed by atoms with Crippen LogP contribution in [0.3, 0.4) is 0 Å². The third-order valence-electron chi connectivity index (χ3n) is 5.04. The van der Waals surface area contributed by atoms with Gasteiger partial charge in [0.2, 0.25) is 0 Å². The van der Waals surface area contributed by atoms with Gasteiger partial charge in [-0.2, -0.15) is 0 Å². The van der Waals surface area contributed by atoms with Crippen LogP contribution in [0, 0.1) is 10.1 Å². The molecule has 0 aliphatic carbocycles. The normalized spacial score (nSPS) is 13.9. The second-order valence-electron chi connectivity index (χ2n) is 7.01. The van der Waals surface area contributed by atoms with Gasteiger partial charge in [0.1, 0.15) is 0 Å². The van der Waals surface area contributed by atoms with Crippen LogP contribution in [0.25, 0.3) is 22.7 Å². The number of non-ortho nitro benzene ring substituents is 1. The highest BCUT2D eigenvalue weighted by Crippen LogP contribution is 2.39. The average molecular weight is 425 g/mol. The number of H-pyrrole nitrogens is 1. The highest BCUT2D eigenvalue weighted by atomic mass is 16.6. The van der Waals surface area contributed by atoms with Crippen molar-refractivity contribution in [3.8, 4) is 11.4 Å². The number of aromatic nitrogens is 4. The van der Waals surface area contributed by atoms with Crippen molar-refractivity contribution in [2.24, 2.45) is 0 Å². The molecule has 3 N–H and O–H groups in total. The number of carbonyl (C=O) groups is 1. The van der Waals surface area contributed by atoms with Crippen LogP contribution >= 0.6 is 0 Å². The van der Waals surface area contributed by atoms with Gasteiger partial charge in [-0.05, 0) is 46.3 Å². The van der Waals surface area contributed by atoms with Crippen LogP contribution in [0.15, 0.2) is 72.8 Å². The summed E-state index contributed by atoms with van der Waals surface area (Å²) in [6.45, 7) is 0. The SMILES string of the molecule is O=C1Nc2ccc([N+](=O)[O-])cc2C1=C(Nc1ccc(-c2nnn[nH]2)cc1)c1ccccc1.